The Morgan fingerprint density at radius 1 is 1.24 bits per heavy atom. The van der Waals surface area contributed by atoms with Crippen LogP contribution in [0.1, 0.15) is 18.9 Å². The number of nitrogens with zero attached hydrogens (tertiary/aromatic N) is 2. The Morgan fingerprint density at radius 3 is 2.76 bits per heavy atom. The molecule has 29 heavy (non-hydrogen) atoms. The molecule has 3 atom stereocenters. The molecular formula is C22H22BrN3O2S. The lowest BCUT2D eigenvalue weighted by atomic mass is 9.79. The van der Waals surface area contributed by atoms with Gasteiger partial charge in [-0.25, -0.2) is 0 Å². The molecule has 150 valence electrons. The van der Waals surface area contributed by atoms with Crippen LogP contribution in [0.25, 0.3) is 0 Å². The van der Waals surface area contributed by atoms with Gasteiger partial charge in [-0.15, -0.1) is 11.8 Å². The fourth-order valence-electron chi connectivity index (χ4n) is 5.16. The number of halogens is 1. The summed E-state index contributed by atoms with van der Waals surface area (Å²) < 4.78 is 0.962. The van der Waals surface area contributed by atoms with Crippen molar-refractivity contribution in [3.63, 3.8) is 0 Å². The zero-order valence-corrected chi connectivity index (χ0v) is 18.5. The van der Waals surface area contributed by atoms with E-state index in [0.29, 0.717) is 13.0 Å². The molecule has 0 aromatic heterocycles. The highest BCUT2D eigenvalue weighted by atomic mass is 79.9. The molecule has 2 saturated heterocycles. The Morgan fingerprint density at radius 2 is 2.00 bits per heavy atom. The van der Waals surface area contributed by atoms with Crippen LogP contribution >= 0.6 is 27.7 Å². The summed E-state index contributed by atoms with van der Waals surface area (Å²) in [7, 11) is 0. The SMILES string of the molecule is CCN1C(=O)[C@]2(c3ccccc31)[C@@H](C(=O)Nc1ccc(Br)cc1)C[C@H]1CSCN12. The molecule has 2 amide bonds. The second kappa shape index (κ2) is 7.15. The summed E-state index contributed by atoms with van der Waals surface area (Å²) in [5.74, 6) is 1.30. The molecule has 3 aliphatic rings. The van der Waals surface area contributed by atoms with Gasteiger partial charge in [0.05, 0.1) is 5.92 Å². The molecular weight excluding hydrogens is 450 g/mol. The zero-order chi connectivity index (χ0) is 20.2. The molecule has 0 aliphatic carbocycles. The van der Waals surface area contributed by atoms with Gasteiger partial charge < -0.3 is 10.2 Å². The van der Waals surface area contributed by atoms with Crippen LogP contribution in [0, 0.1) is 5.92 Å². The van der Waals surface area contributed by atoms with Crippen molar-refractivity contribution in [2.24, 2.45) is 5.92 Å². The molecule has 3 heterocycles. The van der Waals surface area contributed by atoms with Crippen molar-refractivity contribution in [1.29, 1.82) is 0 Å². The Kier molecular flexibility index (Phi) is 4.72. The highest BCUT2D eigenvalue weighted by Crippen LogP contribution is 2.57. The number of carbonyl (C=O) groups excluding carboxylic acids is 2. The smallest absolute Gasteiger partial charge is 0.253 e. The van der Waals surface area contributed by atoms with Crippen molar-refractivity contribution in [1.82, 2.24) is 4.90 Å². The first kappa shape index (κ1) is 19.2. The highest BCUT2D eigenvalue weighted by molar-refractivity contribution is 9.10. The molecule has 1 spiro atoms. The van der Waals surface area contributed by atoms with Gasteiger partial charge in [-0.2, -0.15) is 0 Å². The molecule has 3 aliphatic heterocycles. The predicted molar refractivity (Wildman–Crippen MR) is 120 cm³/mol. The quantitative estimate of drug-likeness (QED) is 0.733. The largest absolute Gasteiger partial charge is 0.326 e. The van der Waals surface area contributed by atoms with Crippen LogP contribution in [-0.4, -0.2) is 40.9 Å². The molecule has 0 radical (unpaired) electrons. The summed E-state index contributed by atoms with van der Waals surface area (Å²) in [6.45, 7) is 2.60. The minimum Gasteiger partial charge on any atom is -0.326 e. The van der Waals surface area contributed by atoms with E-state index < -0.39 is 11.5 Å². The number of hydrogen-bond acceptors (Lipinski definition) is 4. The van der Waals surface area contributed by atoms with Gasteiger partial charge in [0.2, 0.25) is 5.91 Å². The van der Waals surface area contributed by atoms with Crippen LogP contribution < -0.4 is 10.2 Å². The lowest BCUT2D eigenvalue weighted by Crippen LogP contribution is -2.55. The van der Waals surface area contributed by atoms with Crippen molar-refractivity contribution >= 4 is 50.9 Å². The van der Waals surface area contributed by atoms with Gasteiger partial charge in [-0.05, 0) is 43.7 Å². The summed E-state index contributed by atoms with van der Waals surface area (Å²) in [6.07, 6.45) is 0.701. The van der Waals surface area contributed by atoms with Gasteiger partial charge in [0.1, 0.15) is 5.54 Å². The van der Waals surface area contributed by atoms with Crippen molar-refractivity contribution in [3.05, 3.63) is 58.6 Å². The third-order valence-electron chi connectivity index (χ3n) is 6.37. The van der Waals surface area contributed by atoms with E-state index in [1.807, 2.05) is 72.1 Å². The number of likely N-dealkylation sites (N-methyl/N-ethyl adjacent to an activating group) is 1. The number of hydrogen-bond donors (Lipinski definition) is 1. The van der Waals surface area contributed by atoms with E-state index in [2.05, 4.69) is 26.1 Å². The molecule has 5 rings (SSSR count). The third-order valence-corrected chi connectivity index (χ3v) is 7.98. The number of fused-ring (bicyclic) bond motifs is 4. The number of para-hydroxylation sites is 1. The second-order valence-corrected chi connectivity index (χ2v) is 9.66. The fraction of sp³-hybridized carbons (Fsp3) is 0.364. The molecule has 2 aromatic rings. The topological polar surface area (TPSA) is 52.7 Å². The average molecular weight is 472 g/mol. The lowest BCUT2D eigenvalue weighted by Gasteiger charge is -2.36. The summed E-state index contributed by atoms with van der Waals surface area (Å²) >= 11 is 5.28. The number of benzene rings is 2. The van der Waals surface area contributed by atoms with Crippen molar-refractivity contribution in [3.8, 4) is 0 Å². The first-order valence-corrected chi connectivity index (χ1v) is 11.8. The number of nitrogens with one attached hydrogen (secondary N) is 1. The zero-order valence-electron chi connectivity index (χ0n) is 16.1. The summed E-state index contributed by atoms with van der Waals surface area (Å²) in [4.78, 5) is 31.5. The molecule has 0 saturated carbocycles. The maximum atomic E-state index is 13.9. The summed E-state index contributed by atoms with van der Waals surface area (Å²) in [5.41, 5.74) is 1.77. The van der Waals surface area contributed by atoms with Crippen LogP contribution in [0.3, 0.4) is 0 Å². The predicted octanol–water partition coefficient (Wildman–Crippen LogP) is 4.04. The van der Waals surface area contributed by atoms with Gasteiger partial charge >= 0.3 is 0 Å². The Hall–Kier alpha value is -1.83. The van der Waals surface area contributed by atoms with Crippen LogP contribution in [0.4, 0.5) is 11.4 Å². The van der Waals surface area contributed by atoms with E-state index in [4.69, 9.17) is 0 Å². The highest BCUT2D eigenvalue weighted by Gasteiger charge is 2.67. The van der Waals surface area contributed by atoms with Crippen molar-refractivity contribution in [2.45, 2.75) is 24.9 Å². The molecule has 0 unspecified atom stereocenters. The van der Waals surface area contributed by atoms with Gasteiger partial charge in [0, 0.05) is 45.6 Å². The van der Waals surface area contributed by atoms with E-state index in [0.717, 1.165) is 33.0 Å². The van der Waals surface area contributed by atoms with Crippen LogP contribution in [0.5, 0.6) is 0 Å². The lowest BCUT2D eigenvalue weighted by molar-refractivity contribution is -0.136. The molecule has 1 N–H and O–H groups in total. The number of rotatable bonds is 3. The number of anilines is 2. The Bertz CT molecular complexity index is 982. The first-order valence-electron chi connectivity index (χ1n) is 9.89. The van der Waals surface area contributed by atoms with E-state index in [9.17, 15) is 9.59 Å². The van der Waals surface area contributed by atoms with Crippen molar-refractivity contribution < 1.29 is 9.59 Å². The normalized spacial score (nSPS) is 28.1. The number of thioether (sulfide) groups is 1. The maximum absolute atomic E-state index is 13.9. The average Bonchev–Trinajstić information content (AvgIpc) is 3.37. The van der Waals surface area contributed by atoms with Gasteiger partial charge in [-0.3, -0.25) is 14.5 Å². The van der Waals surface area contributed by atoms with Gasteiger partial charge in [0.25, 0.3) is 5.91 Å². The third kappa shape index (κ3) is 2.71. The summed E-state index contributed by atoms with van der Waals surface area (Å²) in [5, 5.41) is 3.07. The van der Waals surface area contributed by atoms with Crippen LogP contribution in [0.15, 0.2) is 53.0 Å². The minimum atomic E-state index is -0.903. The fourth-order valence-corrected chi connectivity index (χ4v) is 6.73. The monoisotopic (exact) mass is 471 g/mol. The van der Waals surface area contributed by atoms with E-state index >= 15 is 0 Å². The van der Waals surface area contributed by atoms with Gasteiger partial charge in [-0.1, -0.05) is 34.1 Å². The molecule has 2 aromatic carbocycles. The molecule has 2 fully saturated rings. The Labute approximate surface area is 183 Å². The van der Waals surface area contributed by atoms with Crippen LogP contribution in [0.2, 0.25) is 0 Å². The number of amides is 2. The first-order chi connectivity index (χ1) is 14.1. The maximum Gasteiger partial charge on any atom is 0.253 e. The van der Waals surface area contributed by atoms with Crippen molar-refractivity contribution in [2.75, 3.05) is 28.4 Å². The van der Waals surface area contributed by atoms with E-state index in [1.54, 1.807) is 0 Å². The second-order valence-electron chi connectivity index (χ2n) is 7.74. The molecule has 5 nitrogen and oxygen atoms in total. The minimum absolute atomic E-state index is 0.0437. The summed E-state index contributed by atoms with van der Waals surface area (Å²) in [6, 6.07) is 15.8. The molecule has 7 heteroatoms. The standard InChI is InChI=1S/C22H22BrN3O2S/c1-2-25-19-6-4-3-5-17(19)22(21(25)28)18(11-16-12-29-13-26(16)22)20(27)24-15-9-7-14(23)8-10-15/h3-10,16,18H,2,11-13H2,1H3,(H,24,27)/t16-,18+,22-/m0/s1. The number of carbonyl (C=O) groups is 2. The van der Waals surface area contributed by atoms with Crippen LogP contribution in [-0.2, 0) is 15.1 Å². The van der Waals surface area contributed by atoms with Gasteiger partial charge in [0.15, 0.2) is 0 Å². The van der Waals surface area contributed by atoms with E-state index in [1.165, 1.54) is 0 Å². The van der Waals surface area contributed by atoms with E-state index in [-0.39, 0.29) is 17.9 Å². The Balaban J connectivity index is 1.59. The molecule has 0 bridgehead atoms.